The first-order valence-electron chi connectivity index (χ1n) is 8.37. The van der Waals surface area contributed by atoms with Crippen molar-refractivity contribution in [3.05, 3.63) is 71.9 Å². The third kappa shape index (κ3) is 3.26. The summed E-state index contributed by atoms with van der Waals surface area (Å²) in [4.78, 5) is 12.4. The van der Waals surface area contributed by atoms with E-state index in [9.17, 15) is 4.79 Å². The molecule has 3 N–H and O–H groups in total. The first kappa shape index (κ1) is 15.4. The molecule has 0 saturated carbocycles. The predicted octanol–water partition coefficient (Wildman–Crippen LogP) is 3.76. The van der Waals surface area contributed by atoms with Crippen LogP contribution in [0.15, 0.2) is 60.8 Å². The Labute approximate surface area is 146 Å². The largest absolute Gasteiger partial charge is 0.332 e. The Hall–Kier alpha value is -3.08. The molecule has 5 nitrogen and oxygen atoms in total. The van der Waals surface area contributed by atoms with Crippen LogP contribution in [-0.2, 0) is 12.8 Å². The van der Waals surface area contributed by atoms with Crippen LogP contribution in [0.1, 0.15) is 18.1 Å². The summed E-state index contributed by atoms with van der Waals surface area (Å²) in [5, 5.41) is 12.9. The summed E-state index contributed by atoms with van der Waals surface area (Å²) in [5.74, 6) is 0. The van der Waals surface area contributed by atoms with Gasteiger partial charge in [0.25, 0.3) is 0 Å². The van der Waals surface area contributed by atoms with E-state index in [1.54, 1.807) is 6.20 Å². The van der Waals surface area contributed by atoms with Gasteiger partial charge in [-0.2, -0.15) is 5.10 Å². The molecule has 0 aliphatic heterocycles. The van der Waals surface area contributed by atoms with Gasteiger partial charge in [0, 0.05) is 17.4 Å². The molecule has 0 unspecified atom stereocenters. The Balaban J connectivity index is 1.39. The number of hydrogen-bond donors (Lipinski definition) is 3. The third-order valence-electron chi connectivity index (χ3n) is 4.65. The SMILES string of the molecule is CC1(NC(=O)Nc2ccc(-c3ccn[nH]3)cc2)Cc2ccccc2C1. The van der Waals surface area contributed by atoms with Crippen LogP contribution >= 0.6 is 0 Å². The molecule has 25 heavy (non-hydrogen) atoms. The van der Waals surface area contributed by atoms with E-state index in [0.717, 1.165) is 29.8 Å². The molecule has 126 valence electrons. The Bertz CT molecular complexity index is 859. The van der Waals surface area contributed by atoms with Crippen LogP contribution < -0.4 is 10.6 Å². The van der Waals surface area contributed by atoms with Gasteiger partial charge in [-0.3, -0.25) is 5.10 Å². The predicted molar refractivity (Wildman–Crippen MR) is 98.4 cm³/mol. The van der Waals surface area contributed by atoms with E-state index in [-0.39, 0.29) is 11.6 Å². The van der Waals surface area contributed by atoms with E-state index in [2.05, 4.69) is 39.9 Å². The number of anilines is 1. The van der Waals surface area contributed by atoms with E-state index >= 15 is 0 Å². The van der Waals surface area contributed by atoms with Gasteiger partial charge in [0.05, 0.1) is 5.69 Å². The van der Waals surface area contributed by atoms with Crippen LogP contribution in [0.3, 0.4) is 0 Å². The minimum absolute atomic E-state index is 0.176. The van der Waals surface area contributed by atoms with Crippen LogP contribution in [0.5, 0.6) is 0 Å². The van der Waals surface area contributed by atoms with Gasteiger partial charge in [-0.25, -0.2) is 4.79 Å². The molecule has 3 aromatic rings. The van der Waals surface area contributed by atoms with Crippen LogP contribution in [0.2, 0.25) is 0 Å². The zero-order chi connectivity index (χ0) is 17.3. The Morgan fingerprint density at radius 2 is 1.72 bits per heavy atom. The number of nitrogens with zero attached hydrogens (tertiary/aromatic N) is 1. The molecule has 0 bridgehead atoms. The van der Waals surface area contributed by atoms with E-state index in [1.807, 2.05) is 42.5 Å². The van der Waals surface area contributed by atoms with Gasteiger partial charge in [0.2, 0.25) is 0 Å². The fourth-order valence-corrected chi connectivity index (χ4v) is 3.48. The van der Waals surface area contributed by atoms with E-state index < -0.39 is 0 Å². The summed E-state index contributed by atoms with van der Waals surface area (Å²) in [5.41, 5.74) is 5.13. The first-order chi connectivity index (χ1) is 12.1. The number of hydrogen-bond acceptors (Lipinski definition) is 2. The fraction of sp³-hybridized carbons (Fsp3) is 0.200. The molecule has 1 aromatic heterocycles. The normalized spacial score (nSPS) is 14.8. The van der Waals surface area contributed by atoms with Crippen molar-refractivity contribution in [1.82, 2.24) is 15.5 Å². The van der Waals surface area contributed by atoms with E-state index in [4.69, 9.17) is 0 Å². The standard InChI is InChI=1S/C20H20N4O/c1-20(12-15-4-2-3-5-16(15)13-20)23-19(25)22-17-8-6-14(7-9-17)18-10-11-21-24-18/h2-11H,12-13H2,1H3,(H,21,24)(H2,22,23,25). The molecule has 0 fully saturated rings. The van der Waals surface area contributed by atoms with Crippen molar-refractivity contribution in [2.24, 2.45) is 0 Å². The highest BCUT2D eigenvalue weighted by molar-refractivity contribution is 5.90. The minimum atomic E-state index is -0.246. The second-order valence-corrected chi connectivity index (χ2v) is 6.81. The molecular weight excluding hydrogens is 312 g/mol. The molecule has 1 heterocycles. The molecule has 2 aromatic carbocycles. The molecule has 0 saturated heterocycles. The maximum atomic E-state index is 12.4. The molecule has 5 heteroatoms. The van der Waals surface area contributed by atoms with Gasteiger partial charge >= 0.3 is 6.03 Å². The maximum Gasteiger partial charge on any atom is 0.319 e. The van der Waals surface area contributed by atoms with Gasteiger partial charge < -0.3 is 10.6 Å². The lowest BCUT2D eigenvalue weighted by Gasteiger charge is -2.25. The number of carbonyl (C=O) groups excluding carboxylic acids is 1. The fourth-order valence-electron chi connectivity index (χ4n) is 3.48. The van der Waals surface area contributed by atoms with Gasteiger partial charge in [0.1, 0.15) is 0 Å². The van der Waals surface area contributed by atoms with Crippen molar-refractivity contribution in [3.63, 3.8) is 0 Å². The summed E-state index contributed by atoms with van der Waals surface area (Å²) >= 11 is 0. The molecule has 2 amide bonds. The van der Waals surface area contributed by atoms with Crippen molar-refractivity contribution in [1.29, 1.82) is 0 Å². The van der Waals surface area contributed by atoms with E-state index in [1.165, 1.54) is 11.1 Å². The molecule has 0 atom stereocenters. The number of aromatic amines is 1. The number of fused-ring (bicyclic) bond motifs is 1. The average molecular weight is 332 g/mol. The second-order valence-electron chi connectivity index (χ2n) is 6.81. The van der Waals surface area contributed by atoms with Crippen molar-refractivity contribution in [3.8, 4) is 11.3 Å². The lowest BCUT2D eigenvalue weighted by atomic mass is 9.99. The first-order valence-corrected chi connectivity index (χ1v) is 8.37. The summed E-state index contributed by atoms with van der Waals surface area (Å²) in [6, 6.07) is 17.8. The number of H-pyrrole nitrogens is 1. The van der Waals surface area contributed by atoms with Gasteiger partial charge in [-0.1, -0.05) is 36.4 Å². The summed E-state index contributed by atoms with van der Waals surface area (Å²) in [6.07, 6.45) is 3.43. The quantitative estimate of drug-likeness (QED) is 0.683. The highest BCUT2D eigenvalue weighted by Gasteiger charge is 2.33. The monoisotopic (exact) mass is 332 g/mol. The molecule has 1 aliphatic carbocycles. The molecule has 0 spiro atoms. The summed E-state index contributed by atoms with van der Waals surface area (Å²) in [7, 11) is 0. The van der Waals surface area contributed by atoms with Crippen LogP contribution in [-0.4, -0.2) is 21.8 Å². The van der Waals surface area contributed by atoms with Gasteiger partial charge in [-0.15, -0.1) is 0 Å². The highest BCUT2D eigenvalue weighted by atomic mass is 16.2. The lowest BCUT2D eigenvalue weighted by molar-refractivity contribution is 0.240. The number of carbonyl (C=O) groups is 1. The van der Waals surface area contributed by atoms with Crippen LogP contribution in [0.25, 0.3) is 11.3 Å². The van der Waals surface area contributed by atoms with E-state index in [0.29, 0.717) is 0 Å². The second kappa shape index (κ2) is 6.09. The van der Waals surface area contributed by atoms with Crippen molar-refractivity contribution >= 4 is 11.7 Å². The zero-order valence-electron chi connectivity index (χ0n) is 14.0. The Morgan fingerprint density at radius 3 is 2.32 bits per heavy atom. The lowest BCUT2D eigenvalue weighted by Crippen LogP contribution is -2.48. The topological polar surface area (TPSA) is 69.8 Å². The molecule has 0 radical (unpaired) electrons. The molecular formula is C20H20N4O. The van der Waals surface area contributed by atoms with Crippen molar-refractivity contribution in [2.75, 3.05) is 5.32 Å². The zero-order valence-corrected chi connectivity index (χ0v) is 14.0. The molecule has 1 aliphatic rings. The van der Waals surface area contributed by atoms with Gasteiger partial charge in [0.15, 0.2) is 0 Å². The average Bonchev–Trinajstić information content (AvgIpc) is 3.21. The van der Waals surface area contributed by atoms with Crippen molar-refractivity contribution < 1.29 is 4.79 Å². The molecule has 4 rings (SSSR count). The van der Waals surface area contributed by atoms with Crippen molar-refractivity contribution in [2.45, 2.75) is 25.3 Å². The van der Waals surface area contributed by atoms with Gasteiger partial charge in [-0.05, 0) is 54.7 Å². The summed E-state index contributed by atoms with van der Waals surface area (Å²) < 4.78 is 0. The Morgan fingerprint density at radius 1 is 1.04 bits per heavy atom. The summed E-state index contributed by atoms with van der Waals surface area (Å²) in [6.45, 7) is 2.09. The number of amides is 2. The minimum Gasteiger partial charge on any atom is -0.332 e. The number of urea groups is 1. The maximum absolute atomic E-state index is 12.4. The highest BCUT2D eigenvalue weighted by Crippen LogP contribution is 2.29. The number of benzene rings is 2. The Kier molecular flexibility index (Phi) is 3.76. The number of nitrogens with one attached hydrogen (secondary N) is 3. The third-order valence-corrected chi connectivity index (χ3v) is 4.65. The smallest absolute Gasteiger partial charge is 0.319 e. The number of rotatable bonds is 3. The van der Waals surface area contributed by atoms with Crippen LogP contribution in [0, 0.1) is 0 Å². The number of aromatic nitrogens is 2. The van der Waals surface area contributed by atoms with Crippen LogP contribution in [0.4, 0.5) is 10.5 Å².